The molecule has 148 valence electrons. The van der Waals surface area contributed by atoms with Crippen LogP contribution >= 0.6 is 0 Å². The second-order valence-corrected chi connectivity index (χ2v) is 7.55. The van der Waals surface area contributed by atoms with Crippen molar-refractivity contribution in [2.45, 2.75) is 24.7 Å². The molecule has 0 radical (unpaired) electrons. The fourth-order valence-corrected chi connectivity index (χ4v) is 4.38. The number of nitrogens with one attached hydrogen (secondary N) is 1. The molecule has 0 bridgehead atoms. The molecule has 0 aromatic heterocycles. The third-order valence-electron chi connectivity index (χ3n) is 6.09. The molecule has 5 nitrogen and oxygen atoms in total. The summed E-state index contributed by atoms with van der Waals surface area (Å²) in [5, 5.41) is 3.68. The Balaban J connectivity index is 1.54. The molecule has 0 atom stereocenters. The monoisotopic (exact) mass is 379 g/mol. The standard InChI is InChI=1S/C23H29N3O2/c1-24-22(26-14-11-18-5-3-4-6-21(18)26)25-17-23(12-15-28-16-13-23)19-7-9-20(27-2)10-8-19/h3-10H,11-17H2,1-2H3,(H,24,25). The minimum atomic E-state index is 0.0414. The number of rotatable bonds is 4. The van der Waals surface area contributed by atoms with Crippen molar-refractivity contribution < 1.29 is 9.47 Å². The fraction of sp³-hybridized carbons (Fsp3) is 0.435. The van der Waals surface area contributed by atoms with Crippen LogP contribution in [0.3, 0.4) is 0 Å². The molecule has 2 aliphatic heterocycles. The van der Waals surface area contributed by atoms with Crippen LogP contribution in [0.2, 0.25) is 0 Å². The zero-order valence-electron chi connectivity index (χ0n) is 16.8. The molecule has 0 spiro atoms. The van der Waals surface area contributed by atoms with Crippen LogP contribution in [0, 0.1) is 0 Å². The quantitative estimate of drug-likeness (QED) is 0.653. The van der Waals surface area contributed by atoms with Crippen molar-refractivity contribution in [2.24, 2.45) is 4.99 Å². The van der Waals surface area contributed by atoms with E-state index < -0.39 is 0 Å². The summed E-state index contributed by atoms with van der Waals surface area (Å²) in [5.41, 5.74) is 4.03. The van der Waals surface area contributed by atoms with Gasteiger partial charge in [-0.1, -0.05) is 30.3 Å². The number of nitrogens with zero attached hydrogens (tertiary/aromatic N) is 2. The van der Waals surface area contributed by atoms with Crippen molar-refractivity contribution in [3.63, 3.8) is 0 Å². The lowest BCUT2D eigenvalue weighted by atomic mass is 9.74. The fourth-order valence-electron chi connectivity index (χ4n) is 4.38. The Bertz CT molecular complexity index is 826. The molecule has 2 heterocycles. The number of para-hydroxylation sites is 1. The minimum absolute atomic E-state index is 0.0414. The molecule has 4 rings (SSSR count). The van der Waals surface area contributed by atoms with Crippen LogP contribution in [0.4, 0.5) is 5.69 Å². The summed E-state index contributed by atoms with van der Waals surface area (Å²) in [6.45, 7) is 3.39. The maximum atomic E-state index is 5.68. The average molecular weight is 380 g/mol. The van der Waals surface area contributed by atoms with Gasteiger partial charge in [0.1, 0.15) is 5.75 Å². The summed E-state index contributed by atoms with van der Waals surface area (Å²) in [7, 11) is 3.58. The van der Waals surface area contributed by atoms with E-state index in [-0.39, 0.29) is 5.41 Å². The van der Waals surface area contributed by atoms with Crippen molar-refractivity contribution in [3.05, 3.63) is 59.7 Å². The van der Waals surface area contributed by atoms with Gasteiger partial charge in [0.2, 0.25) is 0 Å². The number of guanidine groups is 1. The first kappa shape index (κ1) is 18.8. The molecule has 1 fully saturated rings. The number of anilines is 1. The van der Waals surface area contributed by atoms with Gasteiger partial charge in [0.05, 0.1) is 7.11 Å². The van der Waals surface area contributed by atoms with Crippen molar-refractivity contribution >= 4 is 11.6 Å². The Labute approximate surface area is 167 Å². The highest BCUT2D eigenvalue weighted by molar-refractivity contribution is 5.98. The summed E-state index contributed by atoms with van der Waals surface area (Å²) in [5.74, 6) is 1.84. The molecule has 2 aromatic rings. The van der Waals surface area contributed by atoms with E-state index in [1.165, 1.54) is 16.8 Å². The van der Waals surface area contributed by atoms with Gasteiger partial charge in [0.15, 0.2) is 5.96 Å². The molecule has 0 saturated carbocycles. The van der Waals surface area contributed by atoms with Crippen LogP contribution in [-0.4, -0.2) is 46.4 Å². The first-order valence-corrected chi connectivity index (χ1v) is 10.0. The number of hydrogen-bond donors (Lipinski definition) is 1. The third kappa shape index (κ3) is 3.59. The van der Waals surface area contributed by atoms with E-state index in [1.807, 2.05) is 7.05 Å². The summed E-state index contributed by atoms with van der Waals surface area (Å²) in [4.78, 5) is 6.89. The largest absolute Gasteiger partial charge is 0.497 e. The smallest absolute Gasteiger partial charge is 0.198 e. The lowest BCUT2D eigenvalue weighted by Gasteiger charge is -2.39. The number of ether oxygens (including phenoxy) is 2. The van der Waals surface area contributed by atoms with E-state index in [9.17, 15) is 0 Å². The van der Waals surface area contributed by atoms with E-state index in [1.54, 1.807) is 7.11 Å². The van der Waals surface area contributed by atoms with Crippen LogP contribution < -0.4 is 15.0 Å². The van der Waals surface area contributed by atoms with Crippen molar-refractivity contribution in [3.8, 4) is 5.75 Å². The number of fused-ring (bicyclic) bond motifs is 1. The average Bonchev–Trinajstić information content (AvgIpc) is 3.19. The molecule has 0 unspecified atom stereocenters. The maximum Gasteiger partial charge on any atom is 0.198 e. The van der Waals surface area contributed by atoms with Crippen LogP contribution in [0.5, 0.6) is 5.75 Å². The Kier molecular flexibility index (Phi) is 5.53. The van der Waals surface area contributed by atoms with Gasteiger partial charge in [-0.15, -0.1) is 0 Å². The molecule has 28 heavy (non-hydrogen) atoms. The summed E-state index contributed by atoms with van der Waals surface area (Å²) in [6.07, 6.45) is 3.06. The van der Waals surface area contributed by atoms with E-state index in [2.05, 4.69) is 63.7 Å². The molecular weight excluding hydrogens is 350 g/mol. The normalized spacial score (nSPS) is 18.6. The predicted octanol–water partition coefficient (Wildman–Crippen LogP) is 3.38. The molecular formula is C23H29N3O2. The molecule has 2 aliphatic rings. The molecule has 0 amide bonds. The predicted molar refractivity (Wildman–Crippen MR) is 114 cm³/mol. The highest BCUT2D eigenvalue weighted by atomic mass is 16.5. The lowest BCUT2D eigenvalue weighted by molar-refractivity contribution is 0.0514. The molecule has 2 aromatic carbocycles. The Hall–Kier alpha value is -2.53. The van der Waals surface area contributed by atoms with E-state index in [0.29, 0.717) is 0 Å². The number of methoxy groups -OCH3 is 1. The minimum Gasteiger partial charge on any atom is -0.497 e. The second-order valence-electron chi connectivity index (χ2n) is 7.55. The van der Waals surface area contributed by atoms with Crippen molar-refractivity contribution in [2.75, 3.05) is 45.4 Å². The van der Waals surface area contributed by atoms with Gasteiger partial charge in [-0.3, -0.25) is 4.99 Å². The Morgan fingerprint density at radius 2 is 1.89 bits per heavy atom. The van der Waals surface area contributed by atoms with Gasteiger partial charge in [0, 0.05) is 44.5 Å². The molecule has 5 heteroatoms. The van der Waals surface area contributed by atoms with Crippen molar-refractivity contribution in [1.82, 2.24) is 5.32 Å². The summed E-state index contributed by atoms with van der Waals surface area (Å²) < 4.78 is 11.0. The van der Waals surface area contributed by atoms with E-state index in [4.69, 9.17) is 9.47 Å². The maximum absolute atomic E-state index is 5.68. The van der Waals surface area contributed by atoms with Crippen LogP contribution in [0.15, 0.2) is 53.5 Å². The first-order chi connectivity index (χ1) is 13.8. The van der Waals surface area contributed by atoms with Gasteiger partial charge in [-0.25, -0.2) is 0 Å². The van der Waals surface area contributed by atoms with E-state index >= 15 is 0 Å². The Morgan fingerprint density at radius 3 is 2.61 bits per heavy atom. The number of hydrogen-bond acceptors (Lipinski definition) is 3. The number of aliphatic imine (C=N–C) groups is 1. The van der Waals surface area contributed by atoms with Crippen molar-refractivity contribution in [1.29, 1.82) is 0 Å². The topological polar surface area (TPSA) is 46.1 Å². The highest BCUT2D eigenvalue weighted by Gasteiger charge is 2.35. The number of benzene rings is 2. The zero-order valence-corrected chi connectivity index (χ0v) is 16.8. The SMILES string of the molecule is CN=C(NCC1(c2ccc(OC)cc2)CCOCC1)N1CCc2ccccc21. The third-order valence-corrected chi connectivity index (χ3v) is 6.09. The first-order valence-electron chi connectivity index (χ1n) is 10.0. The second kappa shape index (κ2) is 8.23. The van der Waals surface area contributed by atoms with Gasteiger partial charge in [-0.2, -0.15) is 0 Å². The van der Waals surface area contributed by atoms with Crippen LogP contribution in [-0.2, 0) is 16.6 Å². The molecule has 1 saturated heterocycles. The van der Waals surface area contributed by atoms with Crippen LogP contribution in [0.25, 0.3) is 0 Å². The summed E-state index contributed by atoms with van der Waals surface area (Å²) >= 11 is 0. The van der Waals surface area contributed by atoms with Gasteiger partial charge in [-0.05, 0) is 48.6 Å². The lowest BCUT2D eigenvalue weighted by Crippen LogP contribution is -2.49. The van der Waals surface area contributed by atoms with Gasteiger partial charge < -0.3 is 19.7 Å². The van der Waals surface area contributed by atoms with E-state index in [0.717, 1.165) is 57.3 Å². The van der Waals surface area contributed by atoms with Crippen LogP contribution in [0.1, 0.15) is 24.0 Å². The van der Waals surface area contributed by atoms with Gasteiger partial charge in [0.25, 0.3) is 0 Å². The van der Waals surface area contributed by atoms with Gasteiger partial charge >= 0.3 is 0 Å². The zero-order chi connectivity index (χ0) is 19.4. The molecule has 1 N–H and O–H groups in total. The molecule has 0 aliphatic carbocycles. The Morgan fingerprint density at radius 1 is 1.14 bits per heavy atom. The summed E-state index contributed by atoms with van der Waals surface area (Å²) in [6, 6.07) is 17.1. The highest BCUT2D eigenvalue weighted by Crippen LogP contribution is 2.35.